The fraction of sp³-hybridized carbons (Fsp3) is 0.929. The summed E-state index contributed by atoms with van der Waals surface area (Å²) in [6.45, 7) is 12.7. The molecule has 2 atom stereocenters. The Morgan fingerprint density at radius 1 is 1.41 bits per heavy atom. The average molecular weight is 240 g/mol. The maximum absolute atomic E-state index is 11.8. The van der Waals surface area contributed by atoms with Crippen molar-refractivity contribution in [2.24, 2.45) is 5.92 Å². The van der Waals surface area contributed by atoms with Crippen LogP contribution in [-0.4, -0.2) is 35.5 Å². The molecule has 0 unspecified atom stereocenters. The summed E-state index contributed by atoms with van der Waals surface area (Å²) >= 11 is 0. The number of carbonyl (C=O) groups excluding carboxylic acids is 1. The molecule has 17 heavy (non-hydrogen) atoms. The summed E-state index contributed by atoms with van der Waals surface area (Å²) in [6.07, 6.45) is 3.11. The van der Waals surface area contributed by atoms with Crippen molar-refractivity contribution in [3.8, 4) is 0 Å². The molecule has 0 saturated carbocycles. The van der Waals surface area contributed by atoms with E-state index >= 15 is 0 Å². The molecule has 1 aliphatic rings. The van der Waals surface area contributed by atoms with Gasteiger partial charge in [-0.3, -0.25) is 9.69 Å². The molecule has 0 aliphatic carbocycles. The molecule has 3 heteroatoms. The van der Waals surface area contributed by atoms with Gasteiger partial charge in [-0.05, 0) is 39.5 Å². The van der Waals surface area contributed by atoms with Crippen LogP contribution in [0.25, 0.3) is 0 Å². The number of hydrogen-bond acceptors (Lipinski definition) is 2. The first-order valence-corrected chi connectivity index (χ1v) is 6.87. The zero-order valence-corrected chi connectivity index (χ0v) is 12.0. The average Bonchev–Trinajstić information content (AvgIpc) is 2.53. The fourth-order valence-electron chi connectivity index (χ4n) is 2.66. The molecule has 1 aliphatic heterocycles. The Morgan fingerprint density at radius 3 is 2.59 bits per heavy atom. The lowest BCUT2D eigenvalue weighted by atomic mass is 10.1. The van der Waals surface area contributed by atoms with Gasteiger partial charge in [0.1, 0.15) is 0 Å². The normalized spacial score (nSPS) is 26.2. The van der Waals surface area contributed by atoms with Crippen LogP contribution in [0.5, 0.6) is 0 Å². The van der Waals surface area contributed by atoms with Crippen LogP contribution >= 0.6 is 0 Å². The molecule has 1 fully saturated rings. The lowest BCUT2D eigenvalue weighted by Crippen LogP contribution is -2.42. The molecule has 0 aromatic rings. The molecule has 0 aromatic heterocycles. The molecule has 1 saturated heterocycles. The number of likely N-dealkylation sites (tertiary alicyclic amines) is 1. The summed E-state index contributed by atoms with van der Waals surface area (Å²) in [5, 5.41) is 3.02. The van der Waals surface area contributed by atoms with Crippen molar-refractivity contribution in [1.82, 2.24) is 10.2 Å². The van der Waals surface area contributed by atoms with E-state index < -0.39 is 0 Å². The number of hydrogen-bond donors (Lipinski definition) is 1. The van der Waals surface area contributed by atoms with E-state index in [1.54, 1.807) is 0 Å². The molecular formula is C14H28N2O. The molecule has 3 nitrogen and oxygen atoms in total. The Balaban J connectivity index is 2.33. The Labute approximate surface area is 106 Å². The van der Waals surface area contributed by atoms with Gasteiger partial charge in [0.25, 0.3) is 0 Å². The topological polar surface area (TPSA) is 32.3 Å². The molecule has 1 amide bonds. The molecule has 0 aromatic carbocycles. The highest BCUT2D eigenvalue weighted by atomic mass is 16.1. The van der Waals surface area contributed by atoms with Crippen molar-refractivity contribution in [1.29, 1.82) is 0 Å². The summed E-state index contributed by atoms with van der Waals surface area (Å²) in [6, 6.07) is 0.687. The van der Waals surface area contributed by atoms with Gasteiger partial charge in [-0.1, -0.05) is 13.8 Å². The molecular weight excluding hydrogens is 212 g/mol. The second kappa shape index (κ2) is 5.85. The SMILES string of the molecule is CC[C@H]1C[C@@H](C)CN1CCC(=O)NC(C)(C)C. The molecule has 100 valence electrons. The zero-order valence-electron chi connectivity index (χ0n) is 12.0. The number of nitrogens with zero attached hydrogens (tertiary/aromatic N) is 1. The third-order valence-electron chi connectivity index (χ3n) is 3.35. The molecule has 0 spiro atoms. The van der Waals surface area contributed by atoms with Crippen LogP contribution < -0.4 is 5.32 Å². The van der Waals surface area contributed by atoms with Crippen molar-refractivity contribution in [2.75, 3.05) is 13.1 Å². The molecule has 0 radical (unpaired) electrons. The quantitative estimate of drug-likeness (QED) is 0.818. The zero-order chi connectivity index (χ0) is 13.1. The minimum atomic E-state index is -0.112. The number of rotatable bonds is 4. The third-order valence-corrected chi connectivity index (χ3v) is 3.35. The number of nitrogens with one attached hydrogen (secondary N) is 1. The van der Waals surface area contributed by atoms with Crippen LogP contribution in [0.4, 0.5) is 0 Å². The van der Waals surface area contributed by atoms with Crippen molar-refractivity contribution >= 4 is 5.91 Å². The predicted molar refractivity (Wildman–Crippen MR) is 71.9 cm³/mol. The van der Waals surface area contributed by atoms with Crippen LogP contribution in [0.3, 0.4) is 0 Å². The van der Waals surface area contributed by atoms with Crippen molar-refractivity contribution < 1.29 is 4.79 Å². The van der Waals surface area contributed by atoms with Crippen LogP contribution in [0.15, 0.2) is 0 Å². The van der Waals surface area contributed by atoms with Crippen LogP contribution in [-0.2, 0) is 4.79 Å². The molecule has 1 N–H and O–H groups in total. The summed E-state index contributed by atoms with van der Waals surface area (Å²) in [5.41, 5.74) is -0.112. The lowest BCUT2D eigenvalue weighted by molar-refractivity contribution is -0.122. The number of carbonyl (C=O) groups is 1. The maximum atomic E-state index is 11.8. The highest BCUT2D eigenvalue weighted by Gasteiger charge is 2.28. The Kier molecular flexibility index (Phi) is 4.99. The van der Waals surface area contributed by atoms with Gasteiger partial charge in [0.15, 0.2) is 0 Å². The highest BCUT2D eigenvalue weighted by molar-refractivity contribution is 5.76. The van der Waals surface area contributed by atoms with Gasteiger partial charge in [-0.15, -0.1) is 0 Å². The lowest BCUT2D eigenvalue weighted by Gasteiger charge is -2.25. The monoisotopic (exact) mass is 240 g/mol. The number of amides is 1. The fourth-order valence-corrected chi connectivity index (χ4v) is 2.66. The van der Waals surface area contributed by atoms with Crippen LogP contribution in [0.1, 0.15) is 53.9 Å². The van der Waals surface area contributed by atoms with Crippen LogP contribution in [0, 0.1) is 5.92 Å². The van der Waals surface area contributed by atoms with Gasteiger partial charge in [-0.2, -0.15) is 0 Å². The second-order valence-corrected chi connectivity index (χ2v) is 6.45. The molecule has 1 heterocycles. The van der Waals surface area contributed by atoms with E-state index in [1.807, 2.05) is 20.8 Å². The smallest absolute Gasteiger partial charge is 0.221 e. The van der Waals surface area contributed by atoms with E-state index in [2.05, 4.69) is 24.1 Å². The summed E-state index contributed by atoms with van der Waals surface area (Å²) in [4.78, 5) is 14.2. The Bertz CT molecular complexity index is 257. The first kappa shape index (κ1) is 14.5. The van der Waals surface area contributed by atoms with Crippen molar-refractivity contribution in [3.63, 3.8) is 0 Å². The van der Waals surface area contributed by atoms with E-state index in [0.717, 1.165) is 19.0 Å². The van der Waals surface area contributed by atoms with Crippen molar-refractivity contribution in [2.45, 2.75) is 65.5 Å². The Morgan fingerprint density at radius 2 is 2.06 bits per heavy atom. The minimum absolute atomic E-state index is 0.112. The molecule has 0 bridgehead atoms. The highest BCUT2D eigenvalue weighted by Crippen LogP contribution is 2.24. The van der Waals surface area contributed by atoms with E-state index in [-0.39, 0.29) is 11.4 Å². The Hall–Kier alpha value is -0.570. The third kappa shape index (κ3) is 5.07. The van der Waals surface area contributed by atoms with E-state index in [4.69, 9.17) is 0 Å². The standard InChI is InChI=1S/C14H28N2O/c1-6-12-9-11(2)10-16(12)8-7-13(17)15-14(3,4)5/h11-12H,6-10H2,1-5H3,(H,15,17)/t11-,12+/m1/s1. The van der Waals surface area contributed by atoms with Gasteiger partial charge in [0.05, 0.1) is 0 Å². The van der Waals surface area contributed by atoms with Gasteiger partial charge in [0, 0.05) is 31.1 Å². The van der Waals surface area contributed by atoms with Gasteiger partial charge < -0.3 is 5.32 Å². The summed E-state index contributed by atoms with van der Waals surface area (Å²) in [7, 11) is 0. The van der Waals surface area contributed by atoms with Crippen LogP contribution in [0.2, 0.25) is 0 Å². The maximum Gasteiger partial charge on any atom is 0.221 e. The van der Waals surface area contributed by atoms with E-state index in [0.29, 0.717) is 12.5 Å². The predicted octanol–water partition coefficient (Wildman–Crippen LogP) is 2.41. The van der Waals surface area contributed by atoms with Gasteiger partial charge in [0.2, 0.25) is 5.91 Å². The molecule has 1 rings (SSSR count). The minimum Gasteiger partial charge on any atom is -0.351 e. The second-order valence-electron chi connectivity index (χ2n) is 6.45. The first-order valence-electron chi connectivity index (χ1n) is 6.87. The largest absolute Gasteiger partial charge is 0.351 e. The first-order chi connectivity index (χ1) is 7.81. The van der Waals surface area contributed by atoms with Gasteiger partial charge in [-0.25, -0.2) is 0 Å². The summed E-state index contributed by atoms with van der Waals surface area (Å²) in [5.74, 6) is 0.956. The van der Waals surface area contributed by atoms with Crippen molar-refractivity contribution in [3.05, 3.63) is 0 Å². The van der Waals surface area contributed by atoms with Gasteiger partial charge >= 0.3 is 0 Å². The summed E-state index contributed by atoms with van der Waals surface area (Å²) < 4.78 is 0. The van der Waals surface area contributed by atoms with E-state index in [1.165, 1.54) is 12.8 Å². The van der Waals surface area contributed by atoms with E-state index in [9.17, 15) is 4.79 Å².